The van der Waals surface area contributed by atoms with Gasteiger partial charge in [0, 0.05) is 30.8 Å². The topological polar surface area (TPSA) is 58.3 Å². The van der Waals surface area contributed by atoms with Crippen molar-refractivity contribution in [1.29, 1.82) is 0 Å². The van der Waals surface area contributed by atoms with Gasteiger partial charge in [0.25, 0.3) is 0 Å². The SMILES string of the molecule is NCC(NCCCCO)c1cc(F)c(F)cc1F. The van der Waals surface area contributed by atoms with Gasteiger partial charge in [-0.1, -0.05) is 0 Å². The van der Waals surface area contributed by atoms with Crippen LogP contribution in [0.2, 0.25) is 0 Å². The summed E-state index contributed by atoms with van der Waals surface area (Å²) < 4.78 is 39.3. The second-order valence-electron chi connectivity index (χ2n) is 3.96. The molecule has 0 bridgehead atoms. The number of hydrogen-bond acceptors (Lipinski definition) is 3. The first-order valence-electron chi connectivity index (χ1n) is 5.79. The number of rotatable bonds is 7. The van der Waals surface area contributed by atoms with Crippen LogP contribution in [-0.4, -0.2) is 24.8 Å². The van der Waals surface area contributed by atoms with Crippen molar-refractivity contribution < 1.29 is 18.3 Å². The molecular formula is C12H17F3N2O. The zero-order valence-electron chi connectivity index (χ0n) is 9.93. The molecule has 0 amide bonds. The number of aliphatic hydroxyl groups is 1. The lowest BCUT2D eigenvalue weighted by molar-refractivity contribution is 0.282. The Morgan fingerprint density at radius 1 is 1.11 bits per heavy atom. The van der Waals surface area contributed by atoms with E-state index < -0.39 is 23.5 Å². The summed E-state index contributed by atoms with van der Waals surface area (Å²) in [5, 5.41) is 11.6. The van der Waals surface area contributed by atoms with Gasteiger partial charge in [0.1, 0.15) is 5.82 Å². The summed E-state index contributed by atoms with van der Waals surface area (Å²) in [6.45, 7) is 0.663. The minimum atomic E-state index is -1.22. The Kier molecular flexibility index (Phi) is 6.11. The van der Waals surface area contributed by atoms with Crippen LogP contribution < -0.4 is 11.1 Å². The molecule has 0 aliphatic rings. The molecule has 1 atom stereocenters. The molecule has 1 unspecified atom stereocenters. The molecule has 0 aromatic heterocycles. The third kappa shape index (κ3) is 3.97. The average Bonchev–Trinajstić information content (AvgIpc) is 2.35. The van der Waals surface area contributed by atoms with E-state index in [1.165, 1.54) is 0 Å². The molecule has 0 radical (unpaired) electrons. The first kappa shape index (κ1) is 14.9. The minimum Gasteiger partial charge on any atom is -0.396 e. The molecule has 0 aliphatic carbocycles. The predicted molar refractivity (Wildman–Crippen MR) is 62.4 cm³/mol. The van der Waals surface area contributed by atoms with E-state index in [0.29, 0.717) is 25.5 Å². The van der Waals surface area contributed by atoms with E-state index in [2.05, 4.69) is 5.32 Å². The van der Waals surface area contributed by atoms with Crippen molar-refractivity contribution in [2.75, 3.05) is 19.7 Å². The first-order chi connectivity index (χ1) is 8.60. The average molecular weight is 262 g/mol. The monoisotopic (exact) mass is 262 g/mol. The number of unbranched alkanes of at least 4 members (excludes halogenated alkanes) is 1. The van der Waals surface area contributed by atoms with Gasteiger partial charge in [0.2, 0.25) is 0 Å². The molecule has 4 N–H and O–H groups in total. The highest BCUT2D eigenvalue weighted by Gasteiger charge is 2.17. The van der Waals surface area contributed by atoms with Gasteiger partial charge in [-0.15, -0.1) is 0 Å². The van der Waals surface area contributed by atoms with E-state index in [1.807, 2.05) is 0 Å². The molecule has 0 fully saturated rings. The molecule has 3 nitrogen and oxygen atoms in total. The van der Waals surface area contributed by atoms with Crippen molar-refractivity contribution in [3.05, 3.63) is 35.1 Å². The Balaban J connectivity index is 2.72. The van der Waals surface area contributed by atoms with Gasteiger partial charge in [-0.2, -0.15) is 0 Å². The lowest BCUT2D eigenvalue weighted by Crippen LogP contribution is -2.30. The molecule has 18 heavy (non-hydrogen) atoms. The van der Waals surface area contributed by atoms with Crippen molar-refractivity contribution in [2.24, 2.45) is 5.73 Å². The van der Waals surface area contributed by atoms with Crippen LogP contribution in [0.15, 0.2) is 12.1 Å². The van der Waals surface area contributed by atoms with Crippen molar-refractivity contribution in [3.63, 3.8) is 0 Å². The maximum atomic E-state index is 13.5. The van der Waals surface area contributed by atoms with E-state index in [9.17, 15) is 13.2 Å². The highest BCUT2D eigenvalue weighted by molar-refractivity contribution is 5.23. The second-order valence-corrected chi connectivity index (χ2v) is 3.96. The number of halogens is 3. The summed E-state index contributed by atoms with van der Waals surface area (Å²) in [6.07, 6.45) is 1.31. The van der Waals surface area contributed by atoms with Crippen LogP contribution >= 0.6 is 0 Å². The van der Waals surface area contributed by atoms with Gasteiger partial charge in [0.05, 0.1) is 0 Å². The Hall–Kier alpha value is -1.11. The van der Waals surface area contributed by atoms with E-state index in [-0.39, 0.29) is 18.7 Å². The number of benzene rings is 1. The van der Waals surface area contributed by atoms with Crippen molar-refractivity contribution in [2.45, 2.75) is 18.9 Å². The summed E-state index contributed by atoms with van der Waals surface area (Å²) >= 11 is 0. The van der Waals surface area contributed by atoms with E-state index in [0.717, 1.165) is 6.07 Å². The fraction of sp³-hybridized carbons (Fsp3) is 0.500. The highest BCUT2D eigenvalue weighted by Crippen LogP contribution is 2.20. The van der Waals surface area contributed by atoms with Crippen LogP contribution in [0.5, 0.6) is 0 Å². The quantitative estimate of drug-likeness (QED) is 0.515. The highest BCUT2D eigenvalue weighted by atomic mass is 19.2. The lowest BCUT2D eigenvalue weighted by atomic mass is 10.1. The fourth-order valence-electron chi connectivity index (χ4n) is 1.64. The van der Waals surface area contributed by atoms with E-state index in [1.54, 1.807) is 0 Å². The molecule has 0 saturated heterocycles. The van der Waals surface area contributed by atoms with Crippen molar-refractivity contribution in [1.82, 2.24) is 5.32 Å². The third-order valence-corrected chi connectivity index (χ3v) is 2.63. The predicted octanol–water partition coefficient (Wildman–Crippen LogP) is 1.47. The van der Waals surface area contributed by atoms with Gasteiger partial charge in [-0.05, 0) is 25.5 Å². The largest absolute Gasteiger partial charge is 0.396 e. The first-order valence-corrected chi connectivity index (χ1v) is 5.79. The summed E-state index contributed by atoms with van der Waals surface area (Å²) in [5.41, 5.74) is 5.50. The molecule has 1 aromatic rings. The van der Waals surface area contributed by atoms with E-state index >= 15 is 0 Å². The second kappa shape index (κ2) is 7.35. The van der Waals surface area contributed by atoms with E-state index in [4.69, 9.17) is 10.8 Å². The Morgan fingerprint density at radius 3 is 2.39 bits per heavy atom. The maximum absolute atomic E-state index is 13.5. The van der Waals surface area contributed by atoms with Crippen LogP contribution in [0.25, 0.3) is 0 Å². The lowest BCUT2D eigenvalue weighted by Gasteiger charge is -2.18. The maximum Gasteiger partial charge on any atom is 0.161 e. The van der Waals surface area contributed by atoms with Crippen molar-refractivity contribution in [3.8, 4) is 0 Å². The molecular weight excluding hydrogens is 245 g/mol. The number of aliphatic hydroxyl groups excluding tert-OH is 1. The zero-order chi connectivity index (χ0) is 13.5. The Bertz CT molecular complexity index is 388. The van der Waals surface area contributed by atoms with Crippen LogP contribution in [0.3, 0.4) is 0 Å². The van der Waals surface area contributed by atoms with Gasteiger partial charge < -0.3 is 16.2 Å². The molecule has 0 aliphatic heterocycles. The zero-order valence-corrected chi connectivity index (χ0v) is 9.93. The summed E-state index contributed by atoms with van der Waals surface area (Å²) in [5.74, 6) is -3.13. The number of hydrogen-bond donors (Lipinski definition) is 3. The molecule has 0 saturated carbocycles. The summed E-state index contributed by atoms with van der Waals surface area (Å²) in [4.78, 5) is 0. The smallest absolute Gasteiger partial charge is 0.161 e. The fourth-order valence-corrected chi connectivity index (χ4v) is 1.64. The van der Waals surface area contributed by atoms with Crippen LogP contribution in [0, 0.1) is 17.5 Å². The molecule has 0 heterocycles. The molecule has 1 aromatic carbocycles. The number of nitrogens with one attached hydrogen (secondary N) is 1. The molecule has 6 heteroatoms. The third-order valence-electron chi connectivity index (χ3n) is 2.63. The minimum absolute atomic E-state index is 0.0143. The van der Waals surface area contributed by atoms with Gasteiger partial charge >= 0.3 is 0 Å². The Morgan fingerprint density at radius 2 is 1.78 bits per heavy atom. The Labute approximate surface area is 104 Å². The van der Waals surface area contributed by atoms with Crippen molar-refractivity contribution >= 4 is 0 Å². The number of nitrogens with two attached hydrogens (primary N) is 1. The molecule has 102 valence electrons. The van der Waals surface area contributed by atoms with Gasteiger partial charge in [0.15, 0.2) is 11.6 Å². The van der Waals surface area contributed by atoms with Crippen LogP contribution in [-0.2, 0) is 0 Å². The van der Waals surface area contributed by atoms with Crippen LogP contribution in [0.4, 0.5) is 13.2 Å². The summed E-state index contributed by atoms with van der Waals surface area (Å²) in [6, 6.07) is 0.767. The van der Waals surface area contributed by atoms with Gasteiger partial charge in [-0.25, -0.2) is 13.2 Å². The normalized spacial score (nSPS) is 12.7. The molecule has 1 rings (SSSR count). The molecule has 0 spiro atoms. The van der Waals surface area contributed by atoms with Gasteiger partial charge in [-0.3, -0.25) is 0 Å². The van der Waals surface area contributed by atoms with Crippen LogP contribution in [0.1, 0.15) is 24.4 Å². The summed E-state index contributed by atoms with van der Waals surface area (Å²) in [7, 11) is 0. The standard InChI is InChI=1S/C12H17F3N2O/c13-9-6-11(15)10(14)5-8(9)12(7-16)17-3-1-2-4-18/h5-6,12,17-18H,1-4,7,16H2.